The normalized spacial score (nSPS) is 15.4. The van der Waals surface area contributed by atoms with Crippen LogP contribution in [0.2, 0.25) is 5.02 Å². The van der Waals surface area contributed by atoms with Crippen LogP contribution in [0, 0.1) is 11.3 Å². The molecule has 1 aliphatic rings. The first-order valence-electron chi connectivity index (χ1n) is 14.2. The Balaban J connectivity index is 1.65. The van der Waals surface area contributed by atoms with Crippen molar-refractivity contribution in [2.75, 3.05) is 13.1 Å². The maximum absolute atomic E-state index is 13.9. The van der Waals surface area contributed by atoms with Crippen LogP contribution in [0.1, 0.15) is 46.1 Å². The van der Waals surface area contributed by atoms with E-state index in [1.165, 1.54) is 22.0 Å². The summed E-state index contributed by atoms with van der Waals surface area (Å²) in [5, 5.41) is 5.42. The van der Waals surface area contributed by atoms with Crippen molar-refractivity contribution in [3.05, 3.63) is 90.9 Å². The first-order valence-corrected chi connectivity index (χ1v) is 15.4. The zero-order valence-electron chi connectivity index (χ0n) is 24.3. The molecular formula is C33H35ClN4O3S. The number of nitrogens with zero attached hydrogens (tertiary/aromatic N) is 4. The lowest BCUT2D eigenvalue weighted by molar-refractivity contribution is -0.133. The molecule has 5 rings (SSSR count). The van der Waals surface area contributed by atoms with Gasteiger partial charge in [0.1, 0.15) is 16.9 Å². The quantitative estimate of drug-likeness (QED) is 0.315. The fourth-order valence-corrected chi connectivity index (χ4v) is 6.04. The highest BCUT2D eigenvalue weighted by Crippen LogP contribution is 2.26. The Bertz CT molecular complexity index is 1790. The number of likely N-dealkylation sites (tertiary alicyclic amines) is 1. The summed E-state index contributed by atoms with van der Waals surface area (Å²) >= 11 is 7.53. The Labute approximate surface area is 254 Å². The molecule has 0 spiro atoms. The summed E-state index contributed by atoms with van der Waals surface area (Å²) in [5.74, 6) is 0.362. The van der Waals surface area contributed by atoms with Crippen LogP contribution < -0.4 is 14.8 Å². The van der Waals surface area contributed by atoms with Crippen LogP contribution in [0.3, 0.4) is 0 Å². The van der Waals surface area contributed by atoms with Gasteiger partial charge in [0.2, 0.25) is 5.91 Å². The lowest BCUT2D eigenvalue weighted by Gasteiger charge is -2.30. The summed E-state index contributed by atoms with van der Waals surface area (Å²) in [6.45, 7) is 8.96. The Morgan fingerprint density at radius 1 is 1.07 bits per heavy atom. The van der Waals surface area contributed by atoms with Gasteiger partial charge in [0.05, 0.1) is 10.2 Å². The number of benzene rings is 2. The zero-order chi connectivity index (χ0) is 30.0. The molecule has 0 aliphatic carbocycles. The summed E-state index contributed by atoms with van der Waals surface area (Å²) in [6, 6.07) is 17.1. The number of aromatic nitrogens is 3. The van der Waals surface area contributed by atoms with E-state index in [1.807, 2.05) is 80.4 Å². The fraction of sp³-hybridized carbons (Fsp3) is 0.333. The molecule has 7 nitrogen and oxygen atoms in total. The first kappa shape index (κ1) is 29.7. The zero-order valence-corrected chi connectivity index (χ0v) is 25.9. The minimum absolute atomic E-state index is 0.106. The largest absolute Gasteiger partial charge is 0.341 e. The van der Waals surface area contributed by atoms with Gasteiger partial charge in [0, 0.05) is 46.9 Å². The molecule has 0 saturated carbocycles. The number of piperidine rings is 1. The van der Waals surface area contributed by atoms with E-state index in [9.17, 15) is 14.4 Å². The topological polar surface area (TPSA) is 77.2 Å². The molecule has 1 saturated heterocycles. The van der Waals surface area contributed by atoms with Crippen LogP contribution in [-0.4, -0.2) is 44.0 Å². The number of amides is 1. The number of para-hydroxylation sites is 1. The third-order valence-corrected chi connectivity index (χ3v) is 8.80. The van der Waals surface area contributed by atoms with Crippen molar-refractivity contribution in [3.8, 4) is 16.9 Å². The van der Waals surface area contributed by atoms with Gasteiger partial charge >= 0.3 is 0 Å². The molecule has 3 heterocycles. The molecule has 0 N–H and O–H groups in total. The van der Waals surface area contributed by atoms with Gasteiger partial charge < -0.3 is 4.90 Å². The average Bonchev–Trinajstić information content (AvgIpc) is 3.50. The van der Waals surface area contributed by atoms with Gasteiger partial charge in [-0.15, -0.1) is 11.3 Å². The van der Waals surface area contributed by atoms with E-state index in [0.717, 1.165) is 29.7 Å². The molecule has 1 aliphatic heterocycles. The lowest BCUT2D eigenvalue weighted by atomic mass is 9.91. The second-order valence-electron chi connectivity index (χ2n) is 11.9. The van der Waals surface area contributed by atoms with Gasteiger partial charge in [-0.2, -0.15) is 5.10 Å². The van der Waals surface area contributed by atoms with Crippen LogP contribution in [0.25, 0.3) is 29.1 Å². The Kier molecular flexibility index (Phi) is 8.66. The summed E-state index contributed by atoms with van der Waals surface area (Å²) in [5.41, 5.74) is 2.13. The fourth-order valence-electron chi connectivity index (χ4n) is 4.82. The van der Waals surface area contributed by atoms with Crippen LogP contribution in [0.5, 0.6) is 0 Å². The second kappa shape index (κ2) is 12.2. The van der Waals surface area contributed by atoms with Gasteiger partial charge in [-0.1, -0.05) is 69.6 Å². The van der Waals surface area contributed by atoms with E-state index in [2.05, 4.69) is 6.92 Å². The van der Waals surface area contributed by atoms with Crippen molar-refractivity contribution >= 4 is 46.8 Å². The molecule has 4 aromatic rings. The molecule has 0 bridgehead atoms. The number of hydrogen-bond donors (Lipinski definition) is 0. The summed E-state index contributed by atoms with van der Waals surface area (Å²) in [7, 11) is 0. The smallest absolute Gasteiger partial charge is 0.269 e. The van der Waals surface area contributed by atoms with Crippen molar-refractivity contribution in [2.24, 2.45) is 11.3 Å². The molecule has 0 atom stereocenters. The van der Waals surface area contributed by atoms with E-state index in [1.54, 1.807) is 16.8 Å². The monoisotopic (exact) mass is 602 g/mol. The van der Waals surface area contributed by atoms with Crippen molar-refractivity contribution in [1.29, 1.82) is 0 Å². The van der Waals surface area contributed by atoms with Crippen molar-refractivity contribution < 1.29 is 9.59 Å². The number of thiazole rings is 1. The van der Waals surface area contributed by atoms with E-state index in [0.29, 0.717) is 38.9 Å². The van der Waals surface area contributed by atoms with Crippen LogP contribution in [-0.2, 0) is 16.1 Å². The molecule has 0 unspecified atom stereocenters. The highest BCUT2D eigenvalue weighted by Gasteiger charge is 2.23. The third kappa shape index (κ3) is 6.66. The summed E-state index contributed by atoms with van der Waals surface area (Å²) in [4.78, 5) is 42.0. The molecule has 2 aromatic carbocycles. The summed E-state index contributed by atoms with van der Waals surface area (Å²) < 4.78 is 4.09. The number of rotatable bonds is 6. The number of carbonyl (C=O) groups excluding carboxylic acids is 2. The molecule has 42 heavy (non-hydrogen) atoms. The Hall–Kier alpha value is -3.75. The van der Waals surface area contributed by atoms with Gasteiger partial charge in [-0.05, 0) is 49.1 Å². The van der Waals surface area contributed by atoms with Crippen molar-refractivity contribution in [3.63, 3.8) is 0 Å². The number of hydrogen-bond acceptors (Lipinski definition) is 5. The van der Waals surface area contributed by atoms with Gasteiger partial charge in [-0.25, -0.2) is 4.68 Å². The maximum Gasteiger partial charge on any atom is 0.269 e. The minimum Gasteiger partial charge on any atom is -0.341 e. The lowest BCUT2D eigenvalue weighted by Crippen LogP contribution is -2.43. The predicted octanol–water partition coefficient (Wildman–Crippen LogP) is 4.90. The Morgan fingerprint density at radius 3 is 2.45 bits per heavy atom. The standard InChI is InChI=1S/C33H35ClN4O3S/c1-22-13-15-36(16-14-22)29(40)21-37-30(19-28(39)33(2,3)4)42-27(32(37)41)18-24-20-38(26-11-6-5-7-12-26)35-31(24)23-9-8-10-25(34)17-23/h5-12,17-20,22H,13-16,21H2,1-4H3/b27-18-,30-19-. The minimum atomic E-state index is -0.627. The van der Waals surface area contributed by atoms with Gasteiger partial charge in [-0.3, -0.25) is 19.0 Å². The molecule has 1 fully saturated rings. The van der Waals surface area contributed by atoms with Crippen LogP contribution in [0.15, 0.2) is 65.6 Å². The number of Topliss-reactive ketones (excluding diaryl/α,β-unsaturated/α-hetero) is 1. The first-order chi connectivity index (χ1) is 20.0. The van der Waals surface area contributed by atoms with Crippen molar-refractivity contribution in [1.82, 2.24) is 19.2 Å². The molecule has 218 valence electrons. The maximum atomic E-state index is 13.9. The highest BCUT2D eigenvalue weighted by atomic mass is 35.5. The van der Waals surface area contributed by atoms with E-state index in [4.69, 9.17) is 16.7 Å². The molecule has 1 amide bonds. The second-order valence-corrected chi connectivity index (χ2v) is 13.4. The summed E-state index contributed by atoms with van der Waals surface area (Å²) in [6.07, 6.45) is 7.06. The molecular weight excluding hydrogens is 568 g/mol. The predicted molar refractivity (Wildman–Crippen MR) is 169 cm³/mol. The number of carbonyl (C=O) groups is 2. The third-order valence-electron chi connectivity index (χ3n) is 7.51. The molecule has 9 heteroatoms. The van der Waals surface area contributed by atoms with E-state index < -0.39 is 5.41 Å². The van der Waals surface area contributed by atoms with Crippen LogP contribution >= 0.6 is 22.9 Å². The SMILES string of the molecule is CC1CCN(C(=O)Cn2c(=O)/c(=C/c3cn(-c4ccccc4)nc3-c3cccc(Cl)c3)s/c2=C\C(=O)C(C)(C)C)CC1. The number of halogens is 1. The van der Waals surface area contributed by atoms with E-state index in [-0.39, 0.29) is 23.8 Å². The number of ketones is 1. The van der Waals surface area contributed by atoms with Gasteiger partial charge in [0.25, 0.3) is 5.56 Å². The van der Waals surface area contributed by atoms with Crippen LogP contribution in [0.4, 0.5) is 0 Å². The Morgan fingerprint density at radius 2 is 1.79 bits per heavy atom. The molecule has 0 radical (unpaired) electrons. The average molecular weight is 603 g/mol. The molecule has 2 aromatic heterocycles. The highest BCUT2D eigenvalue weighted by molar-refractivity contribution is 7.07. The van der Waals surface area contributed by atoms with Crippen molar-refractivity contribution in [2.45, 2.75) is 47.1 Å². The van der Waals surface area contributed by atoms with E-state index >= 15 is 0 Å². The van der Waals surface area contributed by atoms with Gasteiger partial charge in [0.15, 0.2) is 5.78 Å².